The van der Waals surface area contributed by atoms with E-state index in [1.54, 1.807) is 30.3 Å². The number of methoxy groups -OCH3 is 1. The van der Waals surface area contributed by atoms with E-state index < -0.39 is 18.1 Å². The van der Waals surface area contributed by atoms with Crippen LogP contribution in [-0.2, 0) is 9.47 Å². The molecule has 1 fully saturated rings. The van der Waals surface area contributed by atoms with Gasteiger partial charge in [0.2, 0.25) is 0 Å². The minimum atomic E-state index is -4.51. The summed E-state index contributed by atoms with van der Waals surface area (Å²) < 4.78 is 46.8. The Morgan fingerprint density at radius 3 is 2.27 bits per heavy atom. The van der Waals surface area contributed by atoms with E-state index in [4.69, 9.17) is 0 Å². The van der Waals surface area contributed by atoms with Crippen LogP contribution >= 0.6 is 0 Å². The molecular weight excluding hydrogens is 209 g/mol. The lowest BCUT2D eigenvalue weighted by molar-refractivity contribution is -0.263. The van der Waals surface area contributed by atoms with Crippen LogP contribution in [-0.4, -0.2) is 19.1 Å². The first kappa shape index (κ1) is 10.4. The molecule has 0 amide bonds. The molecule has 0 N–H and O–H groups in total. The van der Waals surface area contributed by atoms with E-state index >= 15 is 0 Å². The van der Waals surface area contributed by atoms with E-state index in [1.807, 2.05) is 0 Å². The fourth-order valence-electron chi connectivity index (χ4n) is 1.54. The number of hydrogen-bond donors (Lipinski definition) is 0. The van der Waals surface area contributed by atoms with Gasteiger partial charge in [0, 0.05) is 7.11 Å². The normalized spacial score (nSPS) is 30.3. The molecular formula is C10H9F3O2. The third-order valence-electron chi connectivity index (χ3n) is 2.38. The molecule has 1 aliphatic heterocycles. The third-order valence-corrected chi connectivity index (χ3v) is 2.38. The monoisotopic (exact) mass is 218 g/mol. The van der Waals surface area contributed by atoms with Crippen LogP contribution < -0.4 is 0 Å². The van der Waals surface area contributed by atoms with E-state index in [1.165, 1.54) is 0 Å². The maximum atomic E-state index is 12.6. The second-order valence-corrected chi connectivity index (χ2v) is 3.28. The van der Waals surface area contributed by atoms with Crippen LogP contribution in [0, 0.1) is 0 Å². The molecule has 1 heterocycles. The second kappa shape index (κ2) is 3.21. The number of halogens is 3. The highest BCUT2D eigenvalue weighted by Crippen LogP contribution is 2.58. The van der Waals surface area contributed by atoms with Crippen LogP contribution in [0.5, 0.6) is 0 Å². The van der Waals surface area contributed by atoms with Gasteiger partial charge in [0.05, 0.1) is 0 Å². The molecule has 0 aromatic heterocycles. The summed E-state index contributed by atoms with van der Waals surface area (Å²) in [6.45, 7) is 0. The van der Waals surface area contributed by atoms with Gasteiger partial charge >= 0.3 is 6.18 Å². The molecule has 0 spiro atoms. The van der Waals surface area contributed by atoms with Gasteiger partial charge in [-0.2, -0.15) is 13.2 Å². The van der Waals surface area contributed by atoms with Gasteiger partial charge in [0.15, 0.2) is 0 Å². The highest BCUT2D eigenvalue weighted by molar-refractivity contribution is 5.25. The Labute approximate surface area is 84.6 Å². The minimum Gasteiger partial charge on any atom is -0.344 e. The largest absolute Gasteiger partial charge is 0.446 e. The summed E-state index contributed by atoms with van der Waals surface area (Å²) in [6, 6.07) is 8.21. The fraction of sp³-hybridized carbons (Fsp3) is 0.400. The summed E-state index contributed by atoms with van der Waals surface area (Å²) in [4.78, 5) is 0. The summed E-state index contributed by atoms with van der Waals surface area (Å²) >= 11 is 0. The van der Waals surface area contributed by atoms with E-state index in [0.717, 1.165) is 7.11 Å². The molecule has 2 atom stereocenters. The van der Waals surface area contributed by atoms with Gasteiger partial charge in [0.25, 0.3) is 5.79 Å². The number of alkyl halides is 3. The predicted octanol–water partition coefficient (Wildman–Crippen LogP) is 2.66. The molecule has 15 heavy (non-hydrogen) atoms. The summed E-state index contributed by atoms with van der Waals surface area (Å²) in [6.07, 6.45) is -5.56. The fourth-order valence-corrected chi connectivity index (χ4v) is 1.54. The zero-order valence-electron chi connectivity index (χ0n) is 7.91. The average Bonchev–Trinajstić information content (AvgIpc) is 2.94. The van der Waals surface area contributed by atoms with Crippen molar-refractivity contribution in [2.24, 2.45) is 0 Å². The smallest absolute Gasteiger partial charge is 0.344 e. The van der Waals surface area contributed by atoms with Gasteiger partial charge in [-0.3, -0.25) is 0 Å². The summed E-state index contributed by atoms with van der Waals surface area (Å²) in [7, 11) is 0.996. The minimum absolute atomic E-state index is 0.469. The first-order chi connectivity index (χ1) is 7.01. The van der Waals surface area contributed by atoms with Crippen LogP contribution in [0.2, 0.25) is 0 Å². The van der Waals surface area contributed by atoms with Crippen LogP contribution in [0.1, 0.15) is 11.7 Å². The summed E-state index contributed by atoms with van der Waals surface area (Å²) in [5.41, 5.74) is 0.469. The zero-order valence-corrected chi connectivity index (χ0v) is 7.91. The van der Waals surface area contributed by atoms with Crippen LogP contribution in [0.15, 0.2) is 30.3 Å². The van der Waals surface area contributed by atoms with Crippen LogP contribution in [0.4, 0.5) is 13.2 Å². The number of hydrogen-bond acceptors (Lipinski definition) is 2. The molecule has 1 aromatic carbocycles. The van der Waals surface area contributed by atoms with Gasteiger partial charge in [-0.15, -0.1) is 0 Å². The molecule has 0 radical (unpaired) electrons. The van der Waals surface area contributed by atoms with Gasteiger partial charge in [-0.05, 0) is 5.56 Å². The lowest BCUT2D eigenvalue weighted by Gasteiger charge is -2.14. The SMILES string of the molecule is CO[C@]1(C(F)(F)F)O[C@H]1c1ccccc1. The number of benzene rings is 1. The maximum Gasteiger partial charge on any atom is 0.446 e. The molecule has 2 nitrogen and oxygen atoms in total. The van der Waals surface area contributed by atoms with E-state index in [0.29, 0.717) is 5.56 Å². The molecule has 0 unspecified atom stereocenters. The lowest BCUT2D eigenvalue weighted by atomic mass is 10.1. The Morgan fingerprint density at radius 2 is 1.87 bits per heavy atom. The summed E-state index contributed by atoms with van der Waals surface area (Å²) in [5.74, 6) is -2.45. The second-order valence-electron chi connectivity index (χ2n) is 3.28. The van der Waals surface area contributed by atoms with E-state index in [2.05, 4.69) is 9.47 Å². The van der Waals surface area contributed by atoms with Gasteiger partial charge < -0.3 is 9.47 Å². The number of epoxide rings is 1. The third kappa shape index (κ3) is 1.52. The molecule has 1 aliphatic rings. The lowest BCUT2D eigenvalue weighted by Crippen LogP contribution is -2.35. The van der Waals surface area contributed by atoms with Crippen molar-refractivity contribution in [3.05, 3.63) is 35.9 Å². The van der Waals surface area contributed by atoms with Crippen LogP contribution in [0.3, 0.4) is 0 Å². The predicted molar refractivity (Wildman–Crippen MR) is 46.1 cm³/mol. The Hall–Kier alpha value is -1.07. The van der Waals surface area contributed by atoms with Gasteiger partial charge in [-0.25, -0.2) is 0 Å². The maximum absolute atomic E-state index is 12.6. The molecule has 82 valence electrons. The van der Waals surface area contributed by atoms with Crippen molar-refractivity contribution in [1.82, 2.24) is 0 Å². The van der Waals surface area contributed by atoms with E-state index in [-0.39, 0.29) is 0 Å². The van der Waals surface area contributed by atoms with E-state index in [9.17, 15) is 13.2 Å². The molecule has 0 bridgehead atoms. The molecule has 1 aromatic rings. The molecule has 1 saturated heterocycles. The molecule has 0 saturated carbocycles. The molecule has 5 heteroatoms. The number of rotatable bonds is 2. The van der Waals surface area contributed by atoms with Crippen LogP contribution in [0.25, 0.3) is 0 Å². The zero-order chi connectivity index (χ0) is 11.1. The summed E-state index contributed by atoms with van der Waals surface area (Å²) in [5, 5.41) is 0. The highest BCUT2D eigenvalue weighted by Gasteiger charge is 2.75. The first-order valence-electron chi connectivity index (χ1n) is 4.36. The van der Waals surface area contributed by atoms with Crippen molar-refractivity contribution in [3.63, 3.8) is 0 Å². The first-order valence-corrected chi connectivity index (χ1v) is 4.36. The Balaban J connectivity index is 2.24. The van der Waals surface area contributed by atoms with Gasteiger partial charge in [0.1, 0.15) is 6.10 Å². The average molecular weight is 218 g/mol. The number of ether oxygens (including phenoxy) is 2. The van der Waals surface area contributed by atoms with Crippen molar-refractivity contribution in [2.75, 3.05) is 7.11 Å². The Morgan fingerprint density at radius 1 is 1.27 bits per heavy atom. The van der Waals surface area contributed by atoms with Crippen molar-refractivity contribution in [3.8, 4) is 0 Å². The topological polar surface area (TPSA) is 21.8 Å². The highest BCUT2D eigenvalue weighted by atomic mass is 19.4. The molecule has 0 aliphatic carbocycles. The van der Waals surface area contributed by atoms with Crippen molar-refractivity contribution >= 4 is 0 Å². The van der Waals surface area contributed by atoms with Crippen molar-refractivity contribution in [1.29, 1.82) is 0 Å². The Bertz CT molecular complexity index is 349. The van der Waals surface area contributed by atoms with Crippen molar-refractivity contribution < 1.29 is 22.6 Å². The van der Waals surface area contributed by atoms with Gasteiger partial charge in [-0.1, -0.05) is 30.3 Å². The quantitative estimate of drug-likeness (QED) is 0.712. The standard InChI is InChI=1S/C10H9F3O2/c1-14-9(10(11,12)13)8(15-9)7-5-3-2-4-6-7/h2-6,8H,1H3/t8-,9-/m0/s1. The molecule has 2 rings (SSSR count). The van der Waals surface area contributed by atoms with Crippen molar-refractivity contribution in [2.45, 2.75) is 18.1 Å². The Kier molecular flexibility index (Phi) is 2.24.